The lowest BCUT2D eigenvalue weighted by atomic mass is 9.96. The number of alkyl halides is 5. The maximum Gasteiger partial charge on any atom is 0.416 e. The lowest BCUT2D eigenvalue weighted by Crippen LogP contribution is -2.18. The van der Waals surface area contributed by atoms with Gasteiger partial charge in [0.2, 0.25) is 5.76 Å². The van der Waals surface area contributed by atoms with E-state index in [4.69, 9.17) is 8.94 Å². The SMILES string of the molecule is C[C@H](c1ccc(C(C)(F)F)cc1C(F)(F)F)n1cc(NC(=O)c2cc(-c3ccco3)on2)cn1. The highest BCUT2D eigenvalue weighted by Gasteiger charge is 2.37. The largest absolute Gasteiger partial charge is 0.461 e. The van der Waals surface area contributed by atoms with Crippen molar-refractivity contribution in [3.8, 4) is 11.5 Å². The Hall–Kier alpha value is -3.96. The molecule has 1 atom stereocenters. The first-order chi connectivity index (χ1) is 15.9. The molecule has 0 fully saturated rings. The van der Waals surface area contributed by atoms with Gasteiger partial charge in [0, 0.05) is 24.8 Å². The third kappa shape index (κ3) is 4.70. The number of hydrogen-bond acceptors (Lipinski definition) is 5. The Morgan fingerprint density at radius 1 is 1.12 bits per heavy atom. The van der Waals surface area contributed by atoms with Crippen LogP contribution < -0.4 is 5.32 Å². The molecule has 0 spiro atoms. The maximum atomic E-state index is 13.6. The molecular weight excluding hydrogens is 463 g/mol. The van der Waals surface area contributed by atoms with Gasteiger partial charge in [-0.3, -0.25) is 9.48 Å². The summed E-state index contributed by atoms with van der Waals surface area (Å²) in [5.41, 5.74) is -2.05. The second kappa shape index (κ2) is 8.43. The quantitative estimate of drug-likeness (QED) is 0.336. The van der Waals surface area contributed by atoms with Crippen LogP contribution in [0.4, 0.5) is 27.6 Å². The smallest absolute Gasteiger partial charge is 0.416 e. The number of amides is 1. The van der Waals surface area contributed by atoms with Gasteiger partial charge in [0.05, 0.1) is 29.8 Å². The Morgan fingerprint density at radius 2 is 1.88 bits per heavy atom. The Labute approximate surface area is 189 Å². The molecule has 0 aliphatic heterocycles. The number of nitrogens with zero attached hydrogens (tertiary/aromatic N) is 3. The number of anilines is 1. The van der Waals surface area contributed by atoms with Crippen molar-refractivity contribution in [3.63, 3.8) is 0 Å². The maximum absolute atomic E-state index is 13.6. The second-order valence-electron chi connectivity index (χ2n) is 7.58. The molecule has 4 rings (SSSR count). The number of carbonyl (C=O) groups excluding carboxylic acids is 1. The van der Waals surface area contributed by atoms with Crippen molar-refractivity contribution < 1.29 is 35.7 Å². The first-order valence-corrected chi connectivity index (χ1v) is 9.89. The van der Waals surface area contributed by atoms with Gasteiger partial charge in [-0.15, -0.1) is 0 Å². The number of nitrogens with one attached hydrogen (secondary N) is 1. The monoisotopic (exact) mass is 480 g/mol. The van der Waals surface area contributed by atoms with Gasteiger partial charge >= 0.3 is 6.18 Å². The molecule has 0 radical (unpaired) electrons. The fraction of sp³-hybridized carbons (Fsp3) is 0.227. The zero-order chi connectivity index (χ0) is 24.7. The van der Waals surface area contributed by atoms with Crippen LogP contribution in [-0.2, 0) is 12.1 Å². The third-order valence-electron chi connectivity index (χ3n) is 5.08. The molecule has 3 aromatic heterocycles. The summed E-state index contributed by atoms with van der Waals surface area (Å²) in [5, 5.41) is 10.2. The molecule has 34 heavy (non-hydrogen) atoms. The van der Waals surface area contributed by atoms with Gasteiger partial charge in [0.1, 0.15) is 0 Å². The molecule has 0 bridgehead atoms. The minimum Gasteiger partial charge on any atom is -0.461 e. The van der Waals surface area contributed by atoms with E-state index in [2.05, 4.69) is 15.6 Å². The lowest BCUT2D eigenvalue weighted by molar-refractivity contribution is -0.138. The van der Waals surface area contributed by atoms with E-state index in [9.17, 15) is 26.7 Å². The summed E-state index contributed by atoms with van der Waals surface area (Å²) in [4.78, 5) is 12.4. The fourth-order valence-corrected chi connectivity index (χ4v) is 3.31. The normalized spacial score (nSPS) is 13.1. The van der Waals surface area contributed by atoms with Gasteiger partial charge in [-0.05, 0) is 30.7 Å². The topological polar surface area (TPSA) is 86.1 Å². The molecule has 4 aromatic rings. The van der Waals surface area contributed by atoms with Crippen LogP contribution in [0.25, 0.3) is 11.5 Å². The Balaban J connectivity index is 1.55. The minimum absolute atomic E-state index is 0.0531. The number of halogens is 5. The van der Waals surface area contributed by atoms with E-state index in [1.807, 2.05) is 0 Å². The van der Waals surface area contributed by atoms with Crippen LogP contribution in [0.3, 0.4) is 0 Å². The number of rotatable bonds is 6. The zero-order valence-electron chi connectivity index (χ0n) is 17.7. The molecule has 1 aromatic carbocycles. The molecule has 0 aliphatic carbocycles. The van der Waals surface area contributed by atoms with Crippen molar-refractivity contribution in [1.82, 2.24) is 14.9 Å². The summed E-state index contributed by atoms with van der Waals surface area (Å²) >= 11 is 0. The second-order valence-corrected chi connectivity index (χ2v) is 7.58. The number of furan rings is 1. The van der Waals surface area contributed by atoms with E-state index in [-0.39, 0.29) is 22.7 Å². The first-order valence-electron chi connectivity index (χ1n) is 9.89. The van der Waals surface area contributed by atoms with E-state index in [0.717, 1.165) is 12.1 Å². The number of benzene rings is 1. The van der Waals surface area contributed by atoms with Crippen molar-refractivity contribution in [3.05, 3.63) is 77.4 Å². The molecular formula is C22H17F5N4O3. The average Bonchev–Trinajstić information content (AvgIpc) is 3.52. The molecule has 1 amide bonds. The van der Waals surface area contributed by atoms with Gasteiger partial charge < -0.3 is 14.3 Å². The summed E-state index contributed by atoms with van der Waals surface area (Å²) in [6.07, 6.45) is -0.866. The highest BCUT2D eigenvalue weighted by atomic mass is 19.4. The molecule has 12 heteroatoms. The molecule has 3 heterocycles. The summed E-state index contributed by atoms with van der Waals surface area (Å²) in [6, 6.07) is 6.05. The van der Waals surface area contributed by atoms with Crippen molar-refractivity contribution in [2.45, 2.75) is 32.0 Å². The van der Waals surface area contributed by atoms with Crippen LogP contribution in [0.2, 0.25) is 0 Å². The lowest BCUT2D eigenvalue weighted by Gasteiger charge is -2.21. The predicted molar refractivity (Wildman–Crippen MR) is 109 cm³/mol. The highest BCUT2D eigenvalue weighted by Crippen LogP contribution is 2.39. The van der Waals surface area contributed by atoms with Gasteiger partial charge in [-0.25, -0.2) is 8.78 Å². The van der Waals surface area contributed by atoms with Gasteiger partial charge in [0.15, 0.2) is 11.5 Å². The fourth-order valence-electron chi connectivity index (χ4n) is 3.31. The van der Waals surface area contributed by atoms with Crippen molar-refractivity contribution >= 4 is 11.6 Å². The Kier molecular flexibility index (Phi) is 5.75. The van der Waals surface area contributed by atoms with Crippen LogP contribution >= 0.6 is 0 Å². The van der Waals surface area contributed by atoms with Crippen LogP contribution in [0.15, 0.2) is 64.0 Å². The van der Waals surface area contributed by atoms with E-state index in [0.29, 0.717) is 18.8 Å². The number of carbonyl (C=O) groups is 1. The highest BCUT2D eigenvalue weighted by molar-refractivity contribution is 6.03. The van der Waals surface area contributed by atoms with E-state index in [1.54, 1.807) is 12.1 Å². The van der Waals surface area contributed by atoms with E-state index in [1.165, 1.54) is 36.3 Å². The summed E-state index contributed by atoms with van der Waals surface area (Å²) in [6.45, 7) is 1.96. The standard InChI is InChI=1S/C22H17F5N4O3/c1-12(15-6-5-13(21(2,23)24)8-16(15)22(25,26)27)31-11-14(10-28-31)29-20(32)17-9-19(34-30-17)18-4-3-7-33-18/h3-12H,1-2H3,(H,29,32)/t12-/m1/s1. The van der Waals surface area contributed by atoms with E-state index >= 15 is 0 Å². The number of aromatic nitrogens is 3. The molecule has 178 valence electrons. The molecule has 0 saturated heterocycles. The molecule has 1 N–H and O–H groups in total. The van der Waals surface area contributed by atoms with Crippen molar-refractivity contribution in [2.24, 2.45) is 0 Å². The van der Waals surface area contributed by atoms with Crippen LogP contribution in [0.1, 0.15) is 47.1 Å². The summed E-state index contributed by atoms with van der Waals surface area (Å²) in [5.74, 6) is -3.46. The van der Waals surface area contributed by atoms with Gasteiger partial charge in [-0.1, -0.05) is 17.3 Å². The van der Waals surface area contributed by atoms with Crippen molar-refractivity contribution in [2.75, 3.05) is 5.32 Å². The van der Waals surface area contributed by atoms with Crippen molar-refractivity contribution in [1.29, 1.82) is 0 Å². The van der Waals surface area contributed by atoms with Gasteiger partial charge in [-0.2, -0.15) is 18.3 Å². The molecule has 0 aliphatic rings. The molecule has 0 saturated carbocycles. The van der Waals surface area contributed by atoms with E-state index < -0.39 is 35.2 Å². The minimum atomic E-state index is -4.85. The zero-order valence-corrected chi connectivity index (χ0v) is 17.7. The molecule has 7 nitrogen and oxygen atoms in total. The Morgan fingerprint density at radius 3 is 2.53 bits per heavy atom. The van der Waals surface area contributed by atoms with Crippen LogP contribution in [0.5, 0.6) is 0 Å². The first kappa shape index (κ1) is 23.2. The van der Waals surface area contributed by atoms with Crippen LogP contribution in [0, 0.1) is 0 Å². The third-order valence-corrected chi connectivity index (χ3v) is 5.08. The summed E-state index contributed by atoms with van der Waals surface area (Å²) in [7, 11) is 0. The van der Waals surface area contributed by atoms with Crippen LogP contribution in [-0.4, -0.2) is 20.8 Å². The predicted octanol–water partition coefficient (Wildman–Crippen LogP) is 6.12. The Bertz CT molecular complexity index is 1300. The number of hydrogen-bond donors (Lipinski definition) is 1. The summed E-state index contributed by atoms with van der Waals surface area (Å²) < 4.78 is 79.4. The molecule has 0 unspecified atom stereocenters. The average molecular weight is 480 g/mol. The van der Waals surface area contributed by atoms with Gasteiger partial charge in [0.25, 0.3) is 11.8 Å².